The Morgan fingerprint density at radius 1 is 1.25 bits per heavy atom. The molecule has 0 aliphatic heterocycles. The molecule has 2 heterocycles. The first-order chi connectivity index (χ1) is 15.3. The molecule has 2 aromatic heterocycles. The number of rotatable bonds is 10. The second kappa shape index (κ2) is 10.5. The highest BCUT2D eigenvalue weighted by atomic mass is 32.2. The number of aromatic nitrogens is 4. The minimum Gasteiger partial charge on any atom is -0.491 e. The number of para-hydroxylation sites is 1. The Bertz CT molecular complexity index is 1190. The number of hydrogen-bond acceptors (Lipinski definition) is 8. The van der Waals surface area contributed by atoms with Crippen LogP contribution in [-0.4, -0.2) is 54.7 Å². The van der Waals surface area contributed by atoms with E-state index < -0.39 is 28.6 Å². The molecule has 2 atom stereocenters. The average molecular weight is 463 g/mol. The highest BCUT2D eigenvalue weighted by molar-refractivity contribution is 8.00. The van der Waals surface area contributed by atoms with E-state index in [4.69, 9.17) is 9.47 Å². The van der Waals surface area contributed by atoms with Crippen LogP contribution in [0.5, 0.6) is 5.75 Å². The maximum atomic E-state index is 12.6. The Kier molecular flexibility index (Phi) is 7.75. The summed E-state index contributed by atoms with van der Waals surface area (Å²) >= 11 is 1.13. The number of ether oxygens (including phenoxy) is 2. The number of benzene rings is 1. The lowest BCUT2D eigenvalue weighted by atomic mass is 10.3. The number of carbonyl (C=O) groups excluding carboxylic acids is 1. The third kappa shape index (κ3) is 5.22. The summed E-state index contributed by atoms with van der Waals surface area (Å²) in [5.41, 5.74) is -0.930. The number of aromatic amines is 1. The van der Waals surface area contributed by atoms with Crippen LogP contribution >= 0.6 is 11.8 Å². The Labute approximate surface area is 188 Å². The lowest BCUT2D eigenvalue weighted by Gasteiger charge is -2.17. The highest BCUT2D eigenvalue weighted by Crippen LogP contribution is 2.28. The van der Waals surface area contributed by atoms with Crippen LogP contribution in [0, 0.1) is 0 Å². The van der Waals surface area contributed by atoms with Crippen molar-refractivity contribution in [3.63, 3.8) is 0 Å². The first-order valence-corrected chi connectivity index (χ1v) is 11.1. The molecule has 0 saturated heterocycles. The fraction of sp³-hybridized carbons (Fsp3) is 0.429. The van der Waals surface area contributed by atoms with Crippen LogP contribution in [-0.2, 0) is 23.1 Å². The molecule has 0 bridgehead atoms. The molecule has 3 aromatic rings. The van der Waals surface area contributed by atoms with E-state index in [1.165, 1.54) is 16.2 Å². The van der Waals surface area contributed by atoms with Gasteiger partial charge in [0.05, 0.1) is 13.2 Å². The summed E-state index contributed by atoms with van der Waals surface area (Å²) < 4.78 is 13.5. The van der Waals surface area contributed by atoms with Crippen molar-refractivity contribution >= 4 is 28.9 Å². The molecule has 10 nitrogen and oxygen atoms in total. The highest BCUT2D eigenvalue weighted by Gasteiger charge is 2.26. The van der Waals surface area contributed by atoms with Gasteiger partial charge in [-0.1, -0.05) is 36.9 Å². The standard InChI is InChI=1S/C21H26N4O6S/c1-4-15(19(28)30-5-2)32-21-22-17-16(18(27)23-20(29)24(17)3)25(21)11-13(26)12-31-14-9-7-6-8-10-14/h6-10,13,15,26H,4-5,11-12H2,1-3H3,(H,23,27,29)/t13-,15+/m0/s1. The monoisotopic (exact) mass is 462 g/mol. The van der Waals surface area contributed by atoms with Gasteiger partial charge >= 0.3 is 11.7 Å². The van der Waals surface area contributed by atoms with E-state index in [2.05, 4.69) is 9.97 Å². The molecule has 11 heteroatoms. The van der Waals surface area contributed by atoms with Crippen molar-refractivity contribution in [2.45, 2.75) is 43.3 Å². The molecule has 1 aromatic carbocycles. The molecule has 0 unspecified atom stereocenters. The molecule has 0 spiro atoms. The SMILES string of the molecule is CCOC(=O)[C@@H](CC)Sc1nc2c(c(=O)[nH]c(=O)n2C)n1C[C@H](O)COc1ccccc1. The van der Waals surface area contributed by atoms with Gasteiger partial charge in [0.2, 0.25) is 0 Å². The largest absolute Gasteiger partial charge is 0.491 e. The summed E-state index contributed by atoms with van der Waals surface area (Å²) in [4.78, 5) is 43.6. The Balaban J connectivity index is 1.95. The molecule has 0 fully saturated rings. The van der Waals surface area contributed by atoms with Gasteiger partial charge in [-0.15, -0.1) is 0 Å². The fourth-order valence-electron chi connectivity index (χ4n) is 3.11. The summed E-state index contributed by atoms with van der Waals surface area (Å²) in [6.45, 7) is 3.77. The molecule has 32 heavy (non-hydrogen) atoms. The van der Waals surface area contributed by atoms with Crippen molar-refractivity contribution in [3.8, 4) is 5.75 Å². The second-order valence-corrected chi connectivity index (χ2v) is 8.21. The number of thioether (sulfide) groups is 1. The van der Waals surface area contributed by atoms with Gasteiger partial charge in [-0.05, 0) is 25.5 Å². The number of aryl methyl sites for hydroxylation is 1. The van der Waals surface area contributed by atoms with Gasteiger partial charge in [-0.2, -0.15) is 0 Å². The number of esters is 1. The maximum Gasteiger partial charge on any atom is 0.329 e. The van der Waals surface area contributed by atoms with E-state index in [-0.39, 0.29) is 30.9 Å². The van der Waals surface area contributed by atoms with Gasteiger partial charge in [0.25, 0.3) is 5.56 Å². The van der Waals surface area contributed by atoms with E-state index in [1.807, 2.05) is 25.1 Å². The van der Waals surface area contributed by atoms with Crippen molar-refractivity contribution in [2.75, 3.05) is 13.2 Å². The quantitative estimate of drug-likeness (QED) is 0.341. The van der Waals surface area contributed by atoms with E-state index in [0.717, 1.165) is 11.8 Å². The van der Waals surface area contributed by atoms with E-state index in [1.54, 1.807) is 19.1 Å². The Morgan fingerprint density at radius 3 is 2.62 bits per heavy atom. The third-order valence-corrected chi connectivity index (χ3v) is 6.05. The zero-order chi connectivity index (χ0) is 23.3. The normalized spacial score (nSPS) is 13.1. The molecule has 0 aliphatic carbocycles. The topological polar surface area (TPSA) is 128 Å². The van der Waals surface area contributed by atoms with E-state index >= 15 is 0 Å². The molecule has 0 saturated carbocycles. The smallest absolute Gasteiger partial charge is 0.329 e. The van der Waals surface area contributed by atoms with Gasteiger partial charge in [0.1, 0.15) is 23.7 Å². The first-order valence-electron chi connectivity index (χ1n) is 10.2. The number of H-pyrrole nitrogens is 1. The van der Waals surface area contributed by atoms with Gasteiger partial charge in [-0.25, -0.2) is 9.78 Å². The van der Waals surface area contributed by atoms with Crippen molar-refractivity contribution < 1.29 is 19.4 Å². The fourth-order valence-corrected chi connectivity index (χ4v) is 4.12. The summed E-state index contributed by atoms with van der Waals surface area (Å²) in [7, 11) is 1.49. The number of carbonyl (C=O) groups is 1. The molecular formula is C21H26N4O6S. The van der Waals surface area contributed by atoms with Crippen molar-refractivity contribution in [1.29, 1.82) is 0 Å². The van der Waals surface area contributed by atoms with E-state index in [0.29, 0.717) is 17.3 Å². The Hall–Kier alpha value is -3.05. The van der Waals surface area contributed by atoms with Crippen molar-refractivity contribution in [2.24, 2.45) is 7.05 Å². The predicted molar refractivity (Wildman–Crippen MR) is 120 cm³/mol. The molecule has 2 N–H and O–H groups in total. The summed E-state index contributed by atoms with van der Waals surface area (Å²) in [6.07, 6.45) is -0.506. The number of fused-ring (bicyclic) bond motifs is 1. The van der Waals surface area contributed by atoms with Crippen LogP contribution in [0.1, 0.15) is 20.3 Å². The molecule has 0 radical (unpaired) electrons. The molecule has 0 aliphatic rings. The van der Waals surface area contributed by atoms with Gasteiger partial charge in [0.15, 0.2) is 16.3 Å². The van der Waals surface area contributed by atoms with Crippen LogP contribution < -0.4 is 16.0 Å². The van der Waals surface area contributed by atoms with Gasteiger partial charge < -0.3 is 19.1 Å². The number of aliphatic hydroxyl groups is 1. The average Bonchev–Trinajstić information content (AvgIpc) is 3.13. The lowest BCUT2D eigenvalue weighted by Crippen LogP contribution is -2.31. The molecule has 0 amide bonds. The number of nitrogens with one attached hydrogen (secondary N) is 1. The lowest BCUT2D eigenvalue weighted by molar-refractivity contribution is -0.142. The number of hydrogen-bond donors (Lipinski definition) is 2. The minimum atomic E-state index is -0.980. The molecule has 172 valence electrons. The van der Waals surface area contributed by atoms with Crippen LogP contribution in [0.2, 0.25) is 0 Å². The van der Waals surface area contributed by atoms with Crippen LogP contribution in [0.25, 0.3) is 11.2 Å². The zero-order valence-electron chi connectivity index (χ0n) is 18.1. The van der Waals surface area contributed by atoms with Crippen LogP contribution in [0.4, 0.5) is 0 Å². The maximum absolute atomic E-state index is 12.6. The van der Waals surface area contributed by atoms with Crippen LogP contribution in [0.3, 0.4) is 0 Å². The number of aliphatic hydroxyl groups excluding tert-OH is 1. The molecular weight excluding hydrogens is 436 g/mol. The second-order valence-electron chi connectivity index (χ2n) is 7.04. The minimum absolute atomic E-state index is 0.0213. The zero-order valence-corrected chi connectivity index (χ0v) is 18.9. The summed E-state index contributed by atoms with van der Waals surface area (Å²) in [5.74, 6) is 0.208. The first kappa shape index (κ1) is 23.6. The van der Waals surface area contributed by atoms with Gasteiger partial charge in [-0.3, -0.25) is 19.1 Å². The predicted octanol–water partition coefficient (Wildman–Crippen LogP) is 1.30. The number of nitrogens with zero attached hydrogens (tertiary/aromatic N) is 3. The van der Waals surface area contributed by atoms with Crippen molar-refractivity contribution in [3.05, 3.63) is 51.2 Å². The van der Waals surface area contributed by atoms with Crippen molar-refractivity contribution in [1.82, 2.24) is 19.1 Å². The number of imidazole rings is 1. The van der Waals surface area contributed by atoms with Gasteiger partial charge in [0, 0.05) is 7.05 Å². The summed E-state index contributed by atoms with van der Waals surface area (Å²) in [5, 5.41) is 10.4. The Morgan fingerprint density at radius 2 is 1.97 bits per heavy atom. The molecule has 3 rings (SSSR count). The summed E-state index contributed by atoms with van der Waals surface area (Å²) in [6, 6.07) is 9.04. The van der Waals surface area contributed by atoms with Crippen LogP contribution in [0.15, 0.2) is 45.1 Å². The van der Waals surface area contributed by atoms with E-state index in [9.17, 15) is 19.5 Å². The third-order valence-electron chi connectivity index (χ3n) is 4.72.